The first-order chi connectivity index (χ1) is 9.46. The lowest BCUT2D eigenvalue weighted by molar-refractivity contribution is 0.131. The van der Waals surface area contributed by atoms with Crippen molar-refractivity contribution in [3.8, 4) is 5.75 Å². The van der Waals surface area contributed by atoms with E-state index in [2.05, 4.69) is 0 Å². The lowest BCUT2D eigenvalue weighted by Gasteiger charge is -2.20. The molecule has 1 atom stereocenters. The van der Waals surface area contributed by atoms with Crippen molar-refractivity contribution in [3.63, 3.8) is 0 Å². The molecule has 0 spiro atoms. The van der Waals surface area contributed by atoms with Crippen LogP contribution < -0.4 is 4.74 Å². The summed E-state index contributed by atoms with van der Waals surface area (Å²) < 4.78 is 19.2. The van der Waals surface area contributed by atoms with Crippen LogP contribution in [0.25, 0.3) is 0 Å². The van der Waals surface area contributed by atoms with Gasteiger partial charge in [-0.25, -0.2) is 4.39 Å². The predicted molar refractivity (Wildman–Crippen MR) is 75.3 cm³/mol. The van der Waals surface area contributed by atoms with Crippen LogP contribution in [0.15, 0.2) is 42.5 Å². The summed E-state index contributed by atoms with van der Waals surface area (Å²) in [5, 5.41) is 10.5. The first kappa shape index (κ1) is 13.1. The van der Waals surface area contributed by atoms with Gasteiger partial charge in [0.2, 0.25) is 0 Å². The minimum atomic E-state index is -0.880. The predicted octanol–water partition coefficient (Wildman–Crippen LogP) is 3.62. The summed E-state index contributed by atoms with van der Waals surface area (Å²) in [5.41, 5.74) is 2.05. The molecule has 2 aromatic carbocycles. The number of hydrogen-bond acceptors (Lipinski definition) is 2. The fourth-order valence-electron chi connectivity index (χ4n) is 2.71. The molecule has 1 heterocycles. The molecule has 2 aromatic rings. The van der Waals surface area contributed by atoms with Gasteiger partial charge < -0.3 is 9.84 Å². The van der Waals surface area contributed by atoms with Gasteiger partial charge >= 0.3 is 0 Å². The molecule has 0 fully saturated rings. The highest BCUT2D eigenvalue weighted by Gasteiger charge is 2.33. The number of hydrogen-bond donors (Lipinski definition) is 1. The Morgan fingerprint density at radius 1 is 1.20 bits per heavy atom. The summed E-state index contributed by atoms with van der Waals surface area (Å²) >= 11 is 0. The number of halogens is 1. The van der Waals surface area contributed by atoms with E-state index in [1.807, 2.05) is 32.0 Å². The average molecular weight is 272 g/mol. The standard InChI is InChI=1S/C17H17FO2/c1-17(2)10-12-6-4-8-14(16(12)20-17)15(19)11-5-3-7-13(18)9-11/h3-9,15,19H,10H2,1-2H3. The average Bonchev–Trinajstić information content (AvgIpc) is 2.71. The van der Waals surface area contributed by atoms with Crippen molar-refractivity contribution in [1.29, 1.82) is 0 Å². The lowest BCUT2D eigenvalue weighted by Crippen LogP contribution is -2.25. The molecule has 0 aromatic heterocycles. The van der Waals surface area contributed by atoms with Gasteiger partial charge in [-0.05, 0) is 37.1 Å². The summed E-state index contributed by atoms with van der Waals surface area (Å²) in [6.45, 7) is 4.04. The van der Waals surface area contributed by atoms with Crippen LogP contribution in [0.1, 0.15) is 36.6 Å². The highest BCUT2D eigenvalue weighted by atomic mass is 19.1. The van der Waals surface area contributed by atoms with Gasteiger partial charge in [-0.1, -0.05) is 30.3 Å². The fourth-order valence-corrected chi connectivity index (χ4v) is 2.71. The monoisotopic (exact) mass is 272 g/mol. The maximum Gasteiger partial charge on any atom is 0.129 e. The van der Waals surface area contributed by atoms with E-state index in [0.29, 0.717) is 11.1 Å². The van der Waals surface area contributed by atoms with E-state index >= 15 is 0 Å². The number of para-hydroxylation sites is 1. The van der Waals surface area contributed by atoms with Crippen LogP contribution in [-0.2, 0) is 6.42 Å². The van der Waals surface area contributed by atoms with E-state index < -0.39 is 6.10 Å². The van der Waals surface area contributed by atoms with E-state index in [1.165, 1.54) is 12.1 Å². The SMILES string of the molecule is CC1(C)Cc2cccc(C(O)c3cccc(F)c3)c2O1. The third-order valence-corrected chi connectivity index (χ3v) is 3.58. The molecule has 20 heavy (non-hydrogen) atoms. The highest BCUT2D eigenvalue weighted by Crippen LogP contribution is 2.41. The number of fused-ring (bicyclic) bond motifs is 1. The molecule has 0 amide bonds. The minimum Gasteiger partial charge on any atom is -0.487 e. The zero-order valence-corrected chi connectivity index (χ0v) is 11.6. The zero-order valence-electron chi connectivity index (χ0n) is 11.6. The smallest absolute Gasteiger partial charge is 0.129 e. The van der Waals surface area contributed by atoms with E-state index in [0.717, 1.165) is 17.7 Å². The van der Waals surface area contributed by atoms with Crippen molar-refractivity contribution in [2.45, 2.75) is 32.0 Å². The fraction of sp³-hybridized carbons (Fsp3) is 0.294. The number of rotatable bonds is 2. The molecular formula is C17H17FO2. The van der Waals surface area contributed by atoms with E-state index in [-0.39, 0.29) is 11.4 Å². The second-order valence-electron chi connectivity index (χ2n) is 5.83. The lowest BCUT2D eigenvalue weighted by atomic mass is 9.96. The number of aliphatic hydroxyl groups excluding tert-OH is 1. The molecule has 3 rings (SSSR count). The normalized spacial score (nSPS) is 17.4. The number of aliphatic hydroxyl groups is 1. The summed E-state index contributed by atoms with van der Waals surface area (Å²) in [5.74, 6) is 0.379. The van der Waals surface area contributed by atoms with Crippen molar-refractivity contribution in [2.75, 3.05) is 0 Å². The van der Waals surface area contributed by atoms with E-state index in [1.54, 1.807) is 12.1 Å². The second-order valence-corrected chi connectivity index (χ2v) is 5.83. The molecule has 2 nitrogen and oxygen atoms in total. The summed E-state index contributed by atoms with van der Waals surface area (Å²) in [6.07, 6.45) is -0.0685. The largest absolute Gasteiger partial charge is 0.487 e. The Hall–Kier alpha value is -1.87. The molecule has 0 saturated carbocycles. The van der Waals surface area contributed by atoms with Crippen LogP contribution in [0.2, 0.25) is 0 Å². The van der Waals surface area contributed by atoms with Crippen molar-refractivity contribution < 1.29 is 14.2 Å². The molecule has 3 heteroatoms. The Balaban J connectivity index is 2.02. The maximum absolute atomic E-state index is 13.3. The summed E-state index contributed by atoms with van der Waals surface area (Å²) in [6, 6.07) is 11.8. The van der Waals surface area contributed by atoms with Crippen LogP contribution in [0.4, 0.5) is 4.39 Å². The van der Waals surface area contributed by atoms with Crippen LogP contribution >= 0.6 is 0 Å². The number of benzene rings is 2. The summed E-state index contributed by atoms with van der Waals surface area (Å²) in [4.78, 5) is 0. The molecule has 1 N–H and O–H groups in total. The second kappa shape index (κ2) is 4.60. The maximum atomic E-state index is 13.3. The molecule has 1 aliphatic heterocycles. The van der Waals surface area contributed by atoms with Crippen molar-refractivity contribution in [2.24, 2.45) is 0 Å². The van der Waals surface area contributed by atoms with Gasteiger partial charge in [0.05, 0.1) is 0 Å². The van der Waals surface area contributed by atoms with Crippen molar-refractivity contribution in [3.05, 3.63) is 65.0 Å². The molecular weight excluding hydrogens is 255 g/mol. The Bertz CT molecular complexity index is 649. The summed E-state index contributed by atoms with van der Waals surface area (Å²) in [7, 11) is 0. The molecule has 1 unspecified atom stereocenters. The Labute approximate surface area is 117 Å². The topological polar surface area (TPSA) is 29.5 Å². The van der Waals surface area contributed by atoms with Crippen molar-refractivity contribution in [1.82, 2.24) is 0 Å². The molecule has 104 valence electrons. The highest BCUT2D eigenvalue weighted by molar-refractivity contribution is 5.49. The third kappa shape index (κ3) is 2.29. The van der Waals surface area contributed by atoms with Gasteiger partial charge in [-0.3, -0.25) is 0 Å². The molecule has 0 saturated heterocycles. The quantitative estimate of drug-likeness (QED) is 0.904. The molecule has 1 aliphatic rings. The van der Waals surface area contributed by atoms with Gasteiger partial charge in [-0.15, -0.1) is 0 Å². The first-order valence-corrected chi connectivity index (χ1v) is 6.71. The van der Waals surface area contributed by atoms with Gasteiger partial charge in [0.15, 0.2) is 0 Å². The Morgan fingerprint density at radius 2 is 1.95 bits per heavy atom. The van der Waals surface area contributed by atoms with Crippen LogP contribution in [0.3, 0.4) is 0 Å². The zero-order chi connectivity index (χ0) is 14.3. The van der Waals surface area contributed by atoms with Gasteiger partial charge in [0, 0.05) is 12.0 Å². The van der Waals surface area contributed by atoms with Crippen LogP contribution in [0, 0.1) is 5.82 Å². The minimum absolute atomic E-state index is 0.264. The molecule has 0 bridgehead atoms. The van der Waals surface area contributed by atoms with Gasteiger partial charge in [0.25, 0.3) is 0 Å². The third-order valence-electron chi connectivity index (χ3n) is 3.58. The van der Waals surface area contributed by atoms with Gasteiger partial charge in [-0.2, -0.15) is 0 Å². The molecule has 0 radical (unpaired) electrons. The first-order valence-electron chi connectivity index (χ1n) is 6.71. The van der Waals surface area contributed by atoms with Crippen LogP contribution in [0.5, 0.6) is 5.75 Å². The molecule has 0 aliphatic carbocycles. The number of ether oxygens (including phenoxy) is 1. The van der Waals surface area contributed by atoms with Crippen LogP contribution in [-0.4, -0.2) is 10.7 Å². The van der Waals surface area contributed by atoms with Gasteiger partial charge in [0.1, 0.15) is 23.3 Å². The Kier molecular flexibility index (Phi) is 3.02. The van der Waals surface area contributed by atoms with Crippen molar-refractivity contribution >= 4 is 0 Å². The Morgan fingerprint density at radius 3 is 2.70 bits per heavy atom. The van der Waals surface area contributed by atoms with E-state index in [9.17, 15) is 9.50 Å². The van der Waals surface area contributed by atoms with E-state index in [4.69, 9.17) is 4.74 Å².